The molecule has 0 bridgehead atoms. The second kappa shape index (κ2) is 7.69. The van der Waals surface area contributed by atoms with Gasteiger partial charge in [-0.05, 0) is 41.1 Å². The number of anilines is 1. The van der Waals surface area contributed by atoms with Gasteiger partial charge in [0, 0.05) is 22.7 Å². The number of hydrogen-bond donors (Lipinski definition) is 1. The van der Waals surface area contributed by atoms with Crippen molar-refractivity contribution in [2.75, 3.05) is 12.4 Å². The van der Waals surface area contributed by atoms with Crippen molar-refractivity contribution in [2.45, 2.75) is 19.9 Å². The van der Waals surface area contributed by atoms with E-state index < -0.39 is 0 Å². The van der Waals surface area contributed by atoms with Gasteiger partial charge in [-0.1, -0.05) is 28.0 Å². The molecule has 0 aliphatic heterocycles. The van der Waals surface area contributed by atoms with Gasteiger partial charge in [0.1, 0.15) is 5.75 Å². The number of aromatic nitrogens is 4. The van der Waals surface area contributed by atoms with E-state index in [1.807, 2.05) is 25.1 Å². The second-order valence-corrected chi connectivity index (χ2v) is 5.35. The summed E-state index contributed by atoms with van der Waals surface area (Å²) < 4.78 is 7.70. The molecule has 1 aromatic heterocycles. The lowest BCUT2D eigenvalue weighted by Gasteiger charge is -2.05. The first-order chi connectivity index (χ1) is 10.6. The van der Waals surface area contributed by atoms with E-state index in [1.165, 1.54) is 6.08 Å². The molecule has 1 aromatic carbocycles. The molecular formula is C14H16BrN5O2. The van der Waals surface area contributed by atoms with Crippen LogP contribution in [0, 0.1) is 0 Å². The second-order valence-electron chi connectivity index (χ2n) is 4.43. The number of aryl methyl sites for hydroxylation is 1. The van der Waals surface area contributed by atoms with Crippen molar-refractivity contribution >= 4 is 33.9 Å². The van der Waals surface area contributed by atoms with Gasteiger partial charge in [0.25, 0.3) is 5.91 Å². The van der Waals surface area contributed by atoms with E-state index in [4.69, 9.17) is 4.74 Å². The van der Waals surface area contributed by atoms with Crippen LogP contribution in [-0.4, -0.2) is 33.2 Å². The third-order valence-electron chi connectivity index (χ3n) is 2.81. The Kier molecular flexibility index (Phi) is 5.65. The summed E-state index contributed by atoms with van der Waals surface area (Å²) in [6.45, 7) is 2.65. The fraction of sp³-hybridized carbons (Fsp3) is 0.286. The number of halogens is 1. The van der Waals surface area contributed by atoms with Crippen LogP contribution in [0.4, 0.5) is 5.95 Å². The number of methoxy groups -OCH3 is 1. The molecule has 0 saturated carbocycles. The average molecular weight is 366 g/mol. The molecule has 0 atom stereocenters. The number of nitrogens with zero attached hydrogens (tertiary/aromatic N) is 4. The highest BCUT2D eigenvalue weighted by atomic mass is 79.9. The molecule has 1 heterocycles. The minimum absolute atomic E-state index is 0.311. The van der Waals surface area contributed by atoms with Crippen LogP contribution in [0.15, 0.2) is 28.7 Å². The highest BCUT2D eigenvalue weighted by molar-refractivity contribution is 9.10. The summed E-state index contributed by atoms with van der Waals surface area (Å²) in [4.78, 5) is 12.0. The number of carbonyl (C=O) groups is 1. The fourth-order valence-electron chi connectivity index (χ4n) is 1.81. The Balaban J connectivity index is 2.08. The summed E-state index contributed by atoms with van der Waals surface area (Å²) >= 11 is 3.39. The van der Waals surface area contributed by atoms with Crippen molar-refractivity contribution in [3.05, 3.63) is 34.3 Å². The zero-order valence-corrected chi connectivity index (χ0v) is 13.9. The van der Waals surface area contributed by atoms with Crippen LogP contribution in [0.1, 0.15) is 18.9 Å². The summed E-state index contributed by atoms with van der Waals surface area (Å²) in [7, 11) is 1.58. The van der Waals surface area contributed by atoms with Crippen molar-refractivity contribution in [1.82, 2.24) is 20.2 Å². The van der Waals surface area contributed by atoms with Crippen LogP contribution < -0.4 is 10.1 Å². The zero-order chi connectivity index (χ0) is 15.9. The van der Waals surface area contributed by atoms with Crippen molar-refractivity contribution in [3.63, 3.8) is 0 Å². The molecule has 0 spiro atoms. The highest BCUT2D eigenvalue weighted by Gasteiger charge is 2.07. The number of tetrazole rings is 1. The maximum Gasteiger partial charge on any atom is 0.250 e. The van der Waals surface area contributed by atoms with Crippen molar-refractivity contribution < 1.29 is 9.53 Å². The molecule has 0 radical (unpaired) electrons. The van der Waals surface area contributed by atoms with Gasteiger partial charge in [-0.2, -0.15) is 0 Å². The largest absolute Gasteiger partial charge is 0.496 e. The maximum atomic E-state index is 12.0. The molecule has 116 valence electrons. The van der Waals surface area contributed by atoms with E-state index in [1.54, 1.807) is 17.9 Å². The van der Waals surface area contributed by atoms with E-state index in [-0.39, 0.29) is 5.91 Å². The molecule has 1 amide bonds. The predicted octanol–water partition coefficient (Wildman–Crippen LogP) is 2.51. The van der Waals surface area contributed by atoms with E-state index in [2.05, 4.69) is 36.8 Å². The van der Waals surface area contributed by atoms with Crippen molar-refractivity contribution in [2.24, 2.45) is 0 Å². The predicted molar refractivity (Wildman–Crippen MR) is 86.5 cm³/mol. The summed E-state index contributed by atoms with van der Waals surface area (Å²) in [6, 6.07) is 5.56. The lowest BCUT2D eigenvalue weighted by molar-refractivity contribution is -0.111. The van der Waals surface area contributed by atoms with Crippen LogP contribution in [0.3, 0.4) is 0 Å². The zero-order valence-electron chi connectivity index (χ0n) is 12.3. The summed E-state index contributed by atoms with van der Waals surface area (Å²) in [5.74, 6) is 0.704. The minimum Gasteiger partial charge on any atom is -0.496 e. The van der Waals surface area contributed by atoms with Gasteiger partial charge < -0.3 is 4.74 Å². The van der Waals surface area contributed by atoms with Gasteiger partial charge in [-0.25, -0.2) is 4.68 Å². The third-order valence-corrected chi connectivity index (χ3v) is 3.30. The fourth-order valence-corrected chi connectivity index (χ4v) is 2.19. The quantitative estimate of drug-likeness (QED) is 0.795. The number of amides is 1. The summed E-state index contributed by atoms with van der Waals surface area (Å²) in [5.41, 5.74) is 0.792. The van der Waals surface area contributed by atoms with Crippen LogP contribution in [0.2, 0.25) is 0 Å². The van der Waals surface area contributed by atoms with E-state index in [9.17, 15) is 4.79 Å². The monoisotopic (exact) mass is 365 g/mol. The number of rotatable bonds is 6. The normalized spacial score (nSPS) is 10.9. The Hall–Kier alpha value is -2.22. The van der Waals surface area contributed by atoms with E-state index in [0.29, 0.717) is 18.2 Å². The van der Waals surface area contributed by atoms with Crippen molar-refractivity contribution in [1.29, 1.82) is 0 Å². The first-order valence-corrected chi connectivity index (χ1v) is 7.52. The lowest BCUT2D eigenvalue weighted by Crippen LogP contribution is -2.14. The Morgan fingerprint density at radius 2 is 2.32 bits per heavy atom. The molecule has 7 nitrogen and oxygen atoms in total. The minimum atomic E-state index is -0.311. The molecule has 8 heteroatoms. The average Bonchev–Trinajstić information content (AvgIpc) is 2.93. The van der Waals surface area contributed by atoms with Gasteiger partial charge in [-0.3, -0.25) is 10.1 Å². The van der Waals surface area contributed by atoms with E-state index in [0.717, 1.165) is 16.5 Å². The molecule has 0 unspecified atom stereocenters. The lowest BCUT2D eigenvalue weighted by atomic mass is 10.2. The Labute approximate surface area is 136 Å². The molecule has 0 aliphatic carbocycles. The van der Waals surface area contributed by atoms with Gasteiger partial charge in [-0.15, -0.1) is 0 Å². The number of hydrogen-bond acceptors (Lipinski definition) is 5. The standard InChI is InChI=1S/C14H16BrN5O2/c1-3-8-20-14(17-18-19-20)16-13(21)7-4-10-9-11(15)5-6-12(10)22-2/h4-7,9H,3,8H2,1-2H3,(H,16,17,19,21). The number of carbonyl (C=O) groups excluding carboxylic acids is 1. The summed E-state index contributed by atoms with van der Waals surface area (Å²) in [5, 5.41) is 13.8. The van der Waals surface area contributed by atoms with Gasteiger partial charge in [0.2, 0.25) is 5.95 Å². The highest BCUT2D eigenvalue weighted by Crippen LogP contribution is 2.24. The number of benzene rings is 1. The molecule has 0 fully saturated rings. The van der Waals surface area contributed by atoms with Crippen LogP contribution in [-0.2, 0) is 11.3 Å². The molecule has 22 heavy (non-hydrogen) atoms. The summed E-state index contributed by atoms with van der Waals surface area (Å²) in [6.07, 6.45) is 3.96. The molecule has 0 aliphatic rings. The molecule has 0 saturated heterocycles. The topological polar surface area (TPSA) is 81.9 Å². The molecule has 2 rings (SSSR count). The maximum absolute atomic E-state index is 12.0. The van der Waals surface area contributed by atoms with Gasteiger partial charge in [0.15, 0.2) is 0 Å². The molecule has 1 N–H and O–H groups in total. The Morgan fingerprint density at radius 3 is 3.05 bits per heavy atom. The van der Waals surface area contributed by atoms with Gasteiger partial charge >= 0.3 is 0 Å². The first kappa shape index (κ1) is 16.2. The Morgan fingerprint density at radius 1 is 1.50 bits per heavy atom. The SMILES string of the molecule is CCCn1nnnc1NC(=O)C=Cc1cc(Br)ccc1OC. The number of nitrogens with one attached hydrogen (secondary N) is 1. The van der Waals surface area contributed by atoms with Crippen molar-refractivity contribution in [3.8, 4) is 5.75 Å². The van der Waals surface area contributed by atoms with Crippen LogP contribution >= 0.6 is 15.9 Å². The van der Waals surface area contributed by atoms with E-state index >= 15 is 0 Å². The van der Waals surface area contributed by atoms with Crippen LogP contribution in [0.25, 0.3) is 6.08 Å². The smallest absolute Gasteiger partial charge is 0.250 e. The first-order valence-electron chi connectivity index (χ1n) is 6.72. The third kappa shape index (κ3) is 4.14. The molecule has 2 aromatic rings. The van der Waals surface area contributed by atoms with Crippen LogP contribution in [0.5, 0.6) is 5.75 Å². The molecular weight excluding hydrogens is 350 g/mol. The Bertz CT molecular complexity index is 684. The number of ether oxygens (including phenoxy) is 1. The van der Waals surface area contributed by atoms with Gasteiger partial charge in [0.05, 0.1) is 7.11 Å².